The highest BCUT2D eigenvalue weighted by atomic mass is 32.2. The molecule has 1 aliphatic heterocycles. The standard InChI is InChI=1S/C18H20N2O3S/c1-24-16-5-3-14(4-6-16)20-18(21)13-2-7-17(19-12-13)23-15-8-10-22-11-9-15/h2-7,12,15H,8-11H2,1H3,(H,20,21). The second kappa shape index (κ2) is 8.17. The topological polar surface area (TPSA) is 60.5 Å². The Kier molecular flexibility index (Phi) is 5.72. The molecule has 0 radical (unpaired) electrons. The summed E-state index contributed by atoms with van der Waals surface area (Å²) >= 11 is 1.66. The van der Waals surface area contributed by atoms with E-state index in [9.17, 15) is 4.79 Å². The molecule has 0 spiro atoms. The lowest BCUT2D eigenvalue weighted by Crippen LogP contribution is -2.26. The van der Waals surface area contributed by atoms with Crippen molar-refractivity contribution in [2.45, 2.75) is 23.8 Å². The molecule has 1 fully saturated rings. The Bertz CT molecular complexity index is 668. The molecule has 1 aromatic carbocycles. The third-order valence-corrected chi connectivity index (χ3v) is 4.55. The molecular formula is C18H20N2O3S. The van der Waals surface area contributed by atoms with Crippen LogP contribution in [-0.2, 0) is 4.74 Å². The lowest BCUT2D eigenvalue weighted by molar-refractivity contribution is 0.0237. The number of ether oxygens (including phenoxy) is 2. The van der Waals surface area contributed by atoms with E-state index in [4.69, 9.17) is 9.47 Å². The molecule has 1 saturated heterocycles. The average molecular weight is 344 g/mol. The highest BCUT2D eigenvalue weighted by molar-refractivity contribution is 7.98. The minimum Gasteiger partial charge on any atom is -0.474 e. The fourth-order valence-corrected chi connectivity index (χ4v) is 2.83. The summed E-state index contributed by atoms with van der Waals surface area (Å²) in [6.07, 6.45) is 5.44. The van der Waals surface area contributed by atoms with Crippen molar-refractivity contribution < 1.29 is 14.3 Å². The molecule has 126 valence electrons. The second-order valence-electron chi connectivity index (χ2n) is 5.50. The van der Waals surface area contributed by atoms with Gasteiger partial charge in [-0.15, -0.1) is 11.8 Å². The summed E-state index contributed by atoms with van der Waals surface area (Å²) in [6.45, 7) is 1.45. The van der Waals surface area contributed by atoms with Crippen LogP contribution in [0.3, 0.4) is 0 Å². The van der Waals surface area contributed by atoms with E-state index in [1.807, 2.05) is 30.5 Å². The number of carbonyl (C=O) groups excluding carboxylic acids is 1. The first-order valence-corrected chi connectivity index (χ1v) is 9.13. The Balaban J connectivity index is 1.58. The monoisotopic (exact) mass is 344 g/mol. The van der Waals surface area contributed by atoms with Crippen LogP contribution < -0.4 is 10.1 Å². The van der Waals surface area contributed by atoms with E-state index in [0.717, 1.165) is 36.6 Å². The van der Waals surface area contributed by atoms with Gasteiger partial charge >= 0.3 is 0 Å². The minimum absolute atomic E-state index is 0.140. The maximum absolute atomic E-state index is 12.3. The molecular weight excluding hydrogens is 324 g/mol. The van der Waals surface area contributed by atoms with Gasteiger partial charge in [-0.05, 0) is 36.6 Å². The van der Waals surface area contributed by atoms with Crippen LogP contribution in [-0.4, -0.2) is 36.5 Å². The number of nitrogens with one attached hydrogen (secondary N) is 1. The van der Waals surface area contributed by atoms with Crippen LogP contribution >= 0.6 is 11.8 Å². The first-order valence-electron chi connectivity index (χ1n) is 7.90. The number of pyridine rings is 1. The van der Waals surface area contributed by atoms with Gasteiger partial charge in [0.15, 0.2) is 0 Å². The smallest absolute Gasteiger partial charge is 0.257 e. The predicted octanol–water partition coefficient (Wildman–Crippen LogP) is 3.61. The van der Waals surface area contributed by atoms with Crippen molar-refractivity contribution in [3.8, 4) is 5.88 Å². The van der Waals surface area contributed by atoms with Gasteiger partial charge in [0.25, 0.3) is 5.91 Å². The number of rotatable bonds is 5. The molecule has 24 heavy (non-hydrogen) atoms. The summed E-state index contributed by atoms with van der Waals surface area (Å²) in [4.78, 5) is 17.6. The van der Waals surface area contributed by atoms with Crippen molar-refractivity contribution >= 4 is 23.4 Å². The van der Waals surface area contributed by atoms with Gasteiger partial charge in [-0.2, -0.15) is 0 Å². The summed E-state index contributed by atoms with van der Waals surface area (Å²) < 4.78 is 11.1. The van der Waals surface area contributed by atoms with E-state index < -0.39 is 0 Å². The number of hydrogen-bond acceptors (Lipinski definition) is 5. The van der Waals surface area contributed by atoms with Crippen LogP contribution in [0.25, 0.3) is 0 Å². The van der Waals surface area contributed by atoms with Crippen LogP contribution in [0.5, 0.6) is 5.88 Å². The highest BCUT2D eigenvalue weighted by Crippen LogP contribution is 2.19. The number of anilines is 1. The molecule has 6 heteroatoms. The zero-order valence-electron chi connectivity index (χ0n) is 13.5. The summed E-state index contributed by atoms with van der Waals surface area (Å²) in [5, 5.41) is 2.86. The Morgan fingerprint density at radius 3 is 2.58 bits per heavy atom. The van der Waals surface area contributed by atoms with Gasteiger partial charge in [0.2, 0.25) is 5.88 Å². The van der Waals surface area contributed by atoms with Crippen molar-refractivity contribution in [3.63, 3.8) is 0 Å². The molecule has 3 rings (SSSR count). The normalized spacial score (nSPS) is 15.0. The number of thioether (sulfide) groups is 1. The third-order valence-electron chi connectivity index (χ3n) is 3.80. The van der Waals surface area contributed by atoms with E-state index in [-0.39, 0.29) is 12.0 Å². The van der Waals surface area contributed by atoms with Gasteiger partial charge < -0.3 is 14.8 Å². The molecule has 0 aliphatic carbocycles. The summed E-state index contributed by atoms with van der Waals surface area (Å²) in [6, 6.07) is 11.2. The lowest BCUT2D eigenvalue weighted by Gasteiger charge is -2.22. The van der Waals surface area contributed by atoms with Crippen LogP contribution in [0.15, 0.2) is 47.5 Å². The van der Waals surface area contributed by atoms with E-state index in [0.29, 0.717) is 11.4 Å². The van der Waals surface area contributed by atoms with Crippen molar-refractivity contribution in [1.82, 2.24) is 4.98 Å². The number of benzene rings is 1. The van der Waals surface area contributed by atoms with Crippen molar-refractivity contribution in [2.75, 3.05) is 24.8 Å². The Hall–Kier alpha value is -2.05. The van der Waals surface area contributed by atoms with Gasteiger partial charge in [-0.3, -0.25) is 4.79 Å². The number of carbonyl (C=O) groups is 1. The molecule has 2 heterocycles. The maximum atomic E-state index is 12.3. The molecule has 0 saturated carbocycles. The molecule has 1 amide bonds. The summed E-state index contributed by atoms with van der Waals surface area (Å²) in [5.41, 5.74) is 1.27. The molecule has 1 aromatic heterocycles. The van der Waals surface area contributed by atoms with Gasteiger partial charge in [0.05, 0.1) is 18.8 Å². The quantitative estimate of drug-likeness (QED) is 0.840. The Morgan fingerprint density at radius 2 is 1.96 bits per heavy atom. The van der Waals surface area contributed by atoms with Crippen LogP contribution in [0.4, 0.5) is 5.69 Å². The highest BCUT2D eigenvalue weighted by Gasteiger charge is 2.16. The first-order chi connectivity index (χ1) is 11.7. The molecule has 1 N–H and O–H groups in total. The fourth-order valence-electron chi connectivity index (χ4n) is 2.43. The van der Waals surface area contributed by atoms with Crippen molar-refractivity contribution in [3.05, 3.63) is 48.2 Å². The van der Waals surface area contributed by atoms with E-state index in [1.54, 1.807) is 30.1 Å². The van der Waals surface area contributed by atoms with Crippen LogP contribution in [0.2, 0.25) is 0 Å². The molecule has 0 unspecified atom stereocenters. The largest absolute Gasteiger partial charge is 0.474 e. The summed E-state index contributed by atoms with van der Waals surface area (Å²) in [7, 11) is 0. The SMILES string of the molecule is CSc1ccc(NC(=O)c2ccc(OC3CCOCC3)nc2)cc1. The van der Waals surface area contributed by atoms with Crippen LogP contribution in [0, 0.1) is 0 Å². The average Bonchev–Trinajstić information content (AvgIpc) is 2.64. The molecule has 1 aliphatic rings. The molecule has 5 nitrogen and oxygen atoms in total. The second-order valence-corrected chi connectivity index (χ2v) is 6.38. The zero-order chi connectivity index (χ0) is 16.8. The Labute approximate surface area is 145 Å². The Morgan fingerprint density at radius 1 is 1.21 bits per heavy atom. The maximum Gasteiger partial charge on any atom is 0.257 e. The molecule has 0 atom stereocenters. The molecule has 0 bridgehead atoms. The number of nitrogens with zero attached hydrogens (tertiary/aromatic N) is 1. The fraction of sp³-hybridized carbons (Fsp3) is 0.333. The van der Waals surface area contributed by atoms with Crippen molar-refractivity contribution in [2.24, 2.45) is 0 Å². The van der Waals surface area contributed by atoms with Gasteiger partial charge in [0, 0.05) is 35.7 Å². The third kappa shape index (κ3) is 4.49. The van der Waals surface area contributed by atoms with Gasteiger partial charge in [-0.25, -0.2) is 4.98 Å². The minimum atomic E-state index is -0.183. The van der Waals surface area contributed by atoms with E-state index in [2.05, 4.69) is 10.3 Å². The summed E-state index contributed by atoms with van der Waals surface area (Å²) in [5.74, 6) is 0.361. The zero-order valence-corrected chi connectivity index (χ0v) is 14.3. The van der Waals surface area contributed by atoms with E-state index in [1.165, 1.54) is 0 Å². The van der Waals surface area contributed by atoms with Crippen LogP contribution in [0.1, 0.15) is 23.2 Å². The number of aromatic nitrogens is 1. The van der Waals surface area contributed by atoms with E-state index >= 15 is 0 Å². The van der Waals surface area contributed by atoms with Gasteiger partial charge in [0.1, 0.15) is 6.10 Å². The van der Waals surface area contributed by atoms with Gasteiger partial charge in [-0.1, -0.05) is 0 Å². The molecule has 2 aromatic rings. The lowest BCUT2D eigenvalue weighted by atomic mass is 10.1. The first kappa shape index (κ1) is 16.8. The number of hydrogen-bond donors (Lipinski definition) is 1. The predicted molar refractivity (Wildman–Crippen MR) is 94.9 cm³/mol. The number of amides is 1. The van der Waals surface area contributed by atoms with Crippen molar-refractivity contribution in [1.29, 1.82) is 0 Å².